The summed E-state index contributed by atoms with van der Waals surface area (Å²) in [6.45, 7) is 0. The van der Waals surface area contributed by atoms with Crippen molar-refractivity contribution in [2.24, 2.45) is 0 Å². The van der Waals surface area contributed by atoms with Crippen molar-refractivity contribution >= 4 is 17.9 Å². The second-order valence-corrected chi connectivity index (χ2v) is 4.38. The van der Waals surface area contributed by atoms with E-state index in [1.54, 1.807) is 30.3 Å². The van der Waals surface area contributed by atoms with E-state index in [4.69, 9.17) is 5.11 Å². The monoisotopic (exact) mass is 298 g/mol. The summed E-state index contributed by atoms with van der Waals surface area (Å²) in [5.74, 6) is -1.29. The molecule has 0 aliphatic rings. The van der Waals surface area contributed by atoms with Gasteiger partial charge < -0.3 is 5.11 Å². The Morgan fingerprint density at radius 3 is 2.27 bits per heavy atom. The lowest BCUT2D eigenvalue weighted by molar-refractivity contribution is -0.139. The van der Waals surface area contributed by atoms with E-state index in [0.717, 1.165) is 6.08 Å². The largest absolute Gasteiger partial charge is 0.508 e. The molecule has 3 N–H and O–H groups in total. The minimum atomic E-state index is -0.744. The Labute approximate surface area is 126 Å². The van der Waals surface area contributed by atoms with Gasteiger partial charge in [-0.3, -0.25) is 14.8 Å². The molecule has 2 amide bonds. The van der Waals surface area contributed by atoms with Crippen molar-refractivity contribution < 1.29 is 19.9 Å². The van der Waals surface area contributed by atoms with Crippen molar-refractivity contribution in [3.63, 3.8) is 0 Å². The van der Waals surface area contributed by atoms with Crippen LogP contribution in [0.25, 0.3) is 6.08 Å². The third-order valence-corrected chi connectivity index (χ3v) is 2.75. The van der Waals surface area contributed by atoms with E-state index in [2.05, 4.69) is 0 Å². The molecule has 0 saturated heterocycles. The summed E-state index contributed by atoms with van der Waals surface area (Å²) in [7, 11) is 0. The number of hydroxylamine groups is 1. The summed E-state index contributed by atoms with van der Waals surface area (Å²) in [5, 5.41) is 18.8. The van der Waals surface area contributed by atoms with E-state index in [-0.39, 0.29) is 16.5 Å². The summed E-state index contributed by atoms with van der Waals surface area (Å²) < 4.78 is 0. The highest BCUT2D eigenvalue weighted by molar-refractivity contribution is 5.97. The van der Waals surface area contributed by atoms with E-state index in [1.165, 1.54) is 30.3 Å². The lowest BCUT2D eigenvalue weighted by atomic mass is 10.2. The van der Waals surface area contributed by atoms with Crippen molar-refractivity contribution in [1.29, 1.82) is 0 Å². The number of benzene rings is 2. The van der Waals surface area contributed by atoms with Crippen molar-refractivity contribution in [2.75, 3.05) is 0 Å². The molecule has 0 radical (unpaired) electrons. The molecule has 22 heavy (non-hydrogen) atoms. The Kier molecular flexibility index (Phi) is 4.89. The molecule has 2 rings (SSSR count). The number of aromatic hydroxyl groups is 1. The normalized spacial score (nSPS) is 10.4. The van der Waals surface area contributed by atoms with Crippen LogP contribution in [0.5, 0.6) is 5.75 Å². The second-order valence-electron chi connectivity index (χ2n) is 4.38. The molecule has 0 spiro atoms. The van der Waals surface area contributed by atoms with Gasteiger partial charge in [0.25, 0.3) is 11.8 Å². The molecule has 0 unspecified atom stereocenters. The number of carbonyl (C=O) groups is 2. The van der Waals surface area contributed by atoms with Gasteiger partial charge >= 0.3 is 0 Å². The fourth-order valence-corrected chi connectivity index (χ4v) is 1.65. The molecule has 0 heterocycles. The van der Waals surface area contributed by atoms with Gasteiger partial charge in [-0.1, -0.05) is 30.3 Å². The first-order chi connectivity index (χ1) is 10.6. The van der Waals surface area contributed by atoms with E-state index in [0.29, 0.717) is 5.56 Å². The molecule has 6 nitrogen and oxygen atoms in total. The zero-order valence-electron chi connectivity index (χ0n) is 11.5. The fraction of sp³-hybridized carbons (Fsp3) is 0. The standard InChI is InChI=1S/C16H14N2O4/c19-14-9-6-12(7-10-14)8-11-15(20)17-18(22)16(21)13-4-2-1-3-5-13/h1-11,19,22H,(H,17,20). The maximum atomic E-state index is 11.8. The van der Waals surface area contributed by atoms with Gasteiger partial charge in [0.05, 0.1) is 0 Å². The minimum absolute atomic E-state index is 0.122. The molecule has 2 aromatic rings. The minimum Gasteiger partial charge on any atom is -0.508 e. The van der Waals surface area contributed by atoms with Gasteiger partial charge in [0, 0.05) is 11.6 Å². The van der Waals surface area contributed by atoms with Gasteiger partial charge in [-0.15, -0.1) is 5.17 Å². The quantitative estimate of drug-likeness (QED) is 0.459. The molecule has 0 bridgehead atoms. The van der Waals surface area contributed by atoms with Crippen LogP contribution in [-0.2, 0) is 4.79 Å². The van der Waals surface area contributed by atoms with Crippen LogP contribution in [0.3, 0.4) is 0 Å². The molecule has 0 aromatic heterocycles. The first-order valence-electron chi connectivity index (χ1n) is 6.42. The average molecular weight is 298 g/mol. The molecular formula is C16H14N2O4. The molecule has 0 atom stereocenters. The SMILES string of the molecule is O=C(C=Cc1ccc(O)cc1)NN(O)C(=O)c1ccccc1. The Morgan fingerprint density at radius 2 is 1.64 bits per heavy atom. The highest BCUT2D eigenvalue weighted by Crippen LogP contribution is 2.10. The number of hydrogen-bond donors (Lipinski definition) is 3. The van der Waals surface area contributed by atoms with Crippen molar-refractivity contribution in [3.8, 4) is 5.75 Å². The summed E-state index contributed by atoms with van der Waals surface area (Å²) in [4.78, 5) is 23.4. The maximum Gasteiger partial charge on any atom is 0.297 e. The van der Waals surface area contributed by atoms with Crippen LogP contribution in [0.15, 0.2) is 60.7 Å². The van der Waals surface area contributed by atoms with E-state index in [1.807, 2.05) is 5.43 Å². The Balaban J connectivity index is 1.94. The summed E-state index contributed by atoms with van der Waals surface area (Å²) >= 11 is 0. The lowest BCUT2D eigenvalue weighted by Gasteiger charge is -2.14. The number of phenolic OH excluding ortho intramolecular Hbond substituents is 1. The molecule has 0 fully saturated rings. The zero-order chi connectivity index (χ0) is 15.9. The highest BCUT2D eigenvalue weighted by Gasteiger charge is 2.14. The van der Waals surface area contributed by atoms with Gasteiger partial charge in [-0.25, -0.2) is 5.43 Å². The fourth-order valence-electron chi connectivity index (χ4n) is 1.65. The smallest absolute Gasteiger partial charge is 0.297 e. The third kappa shape index (κ3) is 4.19. The van der Waals surface area contributed by atoms with E-state index >= 15 is 0 Å². The van der Waals surface area contributed by atoms with Gasteiger partial charge in [0.1, 0.15) is 5.75 Å². The van der Waals surface area contributed by atoms with Crippen molar-refractivity contribution in [3.05, 3.63) is 71.8 Å². The molecule has 0 saturated carbocycles. The number of rotatable bonds is 3. The second kappa shape index (κ2) is 7.05. The zero-order valence-corrected chi connectivity index (χ0v) is 11.5. The van der Waals surface area contributed by atoms with Gasteiger partial charge in [-0.05, 0) is 35.9 Å². The predicted molar refractivity (Wildman–Crippen MR) is 79.7 cm³/mol. The molecule has 2 aromatic carbocycles. The number of nitrogens with one attached hydrogen (secondary N) is 1. The Hall–Kier alpha value is -3.12. The van der Waals surface area contributed by atoms with Crippen LogP contribution in [0.1, 0.15) is 15.9 Å². The summed E-state index contributed by atoms with van der Waals surface area (Å²) in [6.07, 6.45) is 2.64. The molecule has 6 heteroatoms. The summed E-state index contributed by atoms with van der Waals surface area (Å²) in [6, 6.07) is 14.3. The number of phenols is 1. The number of hydrogen-bond acceptors (Lipinski definition) is 4. The number of hydrazine groups is 1. The molecule has 0 aliphatic carbocycles. The van der Waals surface area contributed by atoms with E-state index in [9.17, 15) is 14.8 Å². The van der Waals surface area contributed by atoms with Gasteiger partial charge in [0.2, 0.25) is 0 Å². The number of carbonyl (C=O) groups excluding carboxylic acids is 2. The van der Waals surface area contributed by atoms with E-state index < -0.39 is 11.8 Å². The van der Waals surface area contributed by atoms with Gasteiger partial charge in [-0.2, -0.15) is 0 Å². The van der Waals surface area contributed by atoms with Crippen LogP contribution in [0.4, 0.5) is 0 Å². The maximum absolute atomic E-state index is 11.8. The van der Waals surface area contributed by atoms with Crippen LogP contribution in [0, 0.1) is 0 Å². The lowest BCUT2D eigenvalue weighted by Crippen LogP contribution is -2.43. The van der Waals surface area contributed by atoms with Crippen molar-refractivity contribution in [2.45, 2.75) is 0 Å². The van der Waals surface area contributed by atoms with Crippen molar-refractivity contribution in [1.82, 2.24) is 10.6 Å². The molecular weight excluding hydrogens is 284 g/mol. The Morgan fingerprint density at radius 1 is 1.00 bits per heavy atom. The van der Waals surface area contributed by atoms with Crippen LogP contribution in [0.2, 0.25) is 0 Å². The van der Waals surface area contributed by atoms with Crippen LogP contribution in [-0.4, -0.2) is 27.3 Å². The third-order valence-electron chi connectivity index (χ3n) is 2.75. The Bertz CT molecular complexity index is 681. The molecule has 0 aliphatic heterocycles. The highest BCUT2D eigenvalue weighted by atomic mass is 16.6. The topological polar surface area (TPSA) is 89.9 Å². The first-order valence-corrected chi connectivity index (χ1v) is 6.42. The predicted octanol–water partition coefficient (Wildman–Crippen LogP) is 1.97. The summed E-state index contributed by atoms with van der Waals surface area (Å²) in [5.41, 5.74) is 2.95. The number of amides is 2. The van der Waals surface area contributed by atoms with Crippen LogP contribution >= 0.6 is 0 Å². The van der Waals surface area contributed by atoms with Crippen LogP contribution < -0.4 is 5.43 Å². The first kappa shape index (κ1) is 15.3. The molecule has 112 valence electrons. The number of nitrogens with zero attached hydrogens (tertiary/aromatic N) is 1. The van der Waals surface area contributed by atoms with Gasteiger partial charge in [0.15, 0.2) is 0 Å². The average Bonchev–Trinajstić information content (AvgIpc) is 2.54.